The zero-order chi connectivity index (χ0) is 40.4. The predicted molar refractivity (Wildman–Crippen MR) is 207 cm³/mol. The van der Waals surface area contributed by atoms with E-state index in [9.17, 15) is 19.2 Å². The van der Waals surface area contributed by atoms with Crippen LogP contribution in [0.15, 0.2) is 92.0 Å². The molecular weight excluding hydrogens is 696 g/mol. The second-order valence-electron chi connectivity index (χ2n) is 10.9. The van der Waals surface area contributed by atoms with Gasteiger partial charge in [-0.25, -0.2) is 9.59 Å². The number of aldehydes is 3. The van der Waals surface area contributed by atoms with Gasteiger partial charge in [0, 0.05) is 45.5 Å². The van der Waals surface area contributed by atoms with Gasteiger partial charge in [-0.15, -0.1) is 0 Å². The Morgan fingerprint density at radius 2 is 1.46 bits per heavy atom. The van der Waals surface area contributed by atoms with Gasteiger partial charge >= 0.3 is 11.9 Å². The molecule has 0 N–H and O–H groups in total. The molecule has 0 aliphatic carbocycles. The van der Waals surface area contributed by atoms with Crippen molar-refractivity contribution in [3.8, 4) is 17.2 Å². The van der Waals surface area contributed by atoms with Crippen LogP contribution in [0.3, 0.4) is 0 Å². The highest BCUT2D eigenvalue weighted by molar-refractivity contribution is 5.91. The molecule has 0 radical (unpaired) electrons. The number of methoxy groups -OCH3 is 3. The van der Waals surface area contributed by atoms with Crippen LogP contribution in [0.5, 0.6) is 17.2 Å². The lowest BCUT2D eigenvalue weighted by molar-refractivity contribution is -0.138. The van der Waals surface area contributed by atoms with Gasteiger partial charge in [0.2, 0.25) is 0 Å². The van der Waals surface area contributed by atoms with Crippen LogP contribution in [0.4, 0.5) is 0 Å². The fraction of sp³-hybridized carbons (Fsp3) is 0.357. The third-order valence-electron chi connectivity index (χ3n) is 6.90. The third kappa shape index (κ3) is 23.2. The summed E-state index contributed by atoms with van der Waals surface area (Å²) in [6.07, 6.45) is 7.46. The van der Waals surface area contributed by atoms with E-state index in [0.29, 0.717) is 55.2 Å². The summed E-state index contributed by atoms with van der Waals surface area (Å²) in [7, 11) is 4.91. The summed E-state index contributed by atoms with van der Waals surface area (Å²) in [6.45, 7) is 12.6. The summed E-state index contributed by atoms with van der Waals surface area (Å²) in [5, 5.41) is 0. The molecule has 0 aromatic heterocycles. The molecule has 3 aromatic rings. The van der Waals surface area contributed by atoms with Gasteiger partial charge < -0.3 is 38.0 Å². The van der Waals surface area contributed by atoms with E-state index in [1.807, 2.05) is 37.3 Å². The van der Waals surface area contributed by atoms with E-state index in [1.54, 1.807) is 57.7 Å². The molecule has 12 nitrogen and oxygen atoms in total. The molecule has 0 fully saturated rings. The van der Waals surface area contributed by atoms with Crippen LogP contribution in [0.2, 0.25) is 0 Å². The number of carbonyl (C=O) groups excluding carboxylic acids is 5. The first-order valence-corrected chi connectivity index (χ1v) is 17.2. The number of hydrogen-bond donors (Lipinski definition) is 0. The smallest absolute Gasteiger partial charge is 0.343 e. The number of aryl methyl sites for hydroxylation is 2. The lowest BCUT2D eigenvalue weighted by Crippen LogP contribution is -2.26. The number of allylic oxidation sites excluding steroid dienone is 1. The molecule has 1 unspecified atom stereocenters. The summed E-state index contributed by atoms with van der Waals surface area (Å²) in [5.74, 6) is 0.925. The zero-order valence-electron chi connectivity index (χ0n) is 32.0. The van der Waals surface area contributed by atoms with Crippen LogP contribution >= 0.6 is 0 Å². The quantitative estimate of drug-likeness (QED) is 0.0371. The van der Waals surface area contributed by atoms with E-state index in [-0.39, 0.29) is 19.1 Å². The predicted octanol–water partition coefficient (Wildman–Crippen LogP) is 6.80. The second kappa shape index (κ2) is 32.2. The van der Waals surface area contributed by atoms with Crippen molar-refractivity contribution in [2.75, 3.05) is 54.4 Å². The molecular formula is C42H54O12. The molecule has 0 heterocycles. The van der Waals surface area contributed by atoms with Gasteiger partial charge in [0.15, 0.2) is 0 Å². The van der Waals surface area contributed by atoms with Crippen LogP contribution in [-0.4, -0.2) is 91.3 Å². The Bertz CT molecular complexity index is 1490. The highest BCUT2D eigenvalue weighted by Gasteiger charge is 2.13. The maximum Gasteiger partial charge on any atom is 0.343 e. The summed E-state index contributed by atoms with van der Waals surface area (Å²) in [5.41, 5.74) is 3.27. The Morgan fingerprint density at radius 1 is 0.815 bits per heavy atom. The van der Waals surface area contributed by atoms with Gasteiger partial charge in [0.25, 0.3) is 0 Å². The first-order valence-electron chi connectivity index (χ1n) is 17.2. The normalized spacial score (nSPS) is 10.2. The SMILES string of the molecule is C=CC(=O)OCCC=O.C=CC=O.CCc1ccc(C=O)cc1.COCCCCOCC(COc1ccc(C(=O)Oc2ccc(OC)cc2C)cc1)OC. The van der Waals surface area contributed by atoms with Crippen LogP contribution in [-0.2, 0) is 39.8 Å². The highest BCUT2D eigenvalue weighted by atomic mass is 16.6. The van der Waals surface area contributed by atoms with Gasteiger partial charge in [-0.1, -0.05) is 44.3 Å². The van der Waals surface area contributed by atoms with Crippen LogP contribution in [0.1, 0.15) is 58.0 Å². The van der Waals surface area contributed by atoms with Crippen LogP contribution < -0.4 is 14.2 Å². The second-order valence-corrected chi connectivity index (χ2v) is 10.9. The maximum absolute atomic E-state index is 12.4. The Morgan fingerprint density at radius 3 is 1.98 bits per heavy atom. The Hall–Kier alpha value is -5.43. The molecule has 0 amide bonds. The van der Waals surface area contributed by atoms with E-state index in [1.165, 1.54) is 11.6 Å². The topological polar surface area (TPSA) is 150 Å². The molecule has 0 bridgehead atoms. The summed E-state index contributed by atoms with van der Waals surface area (Å²) in [4.78, 5) is 51.6. The number of rotatable bonds is 21. The molecule has 0 aliphatic rings. The van der Waals surface area contributed by atoms with E-state index >= 15 is 0 Å². The molecule has 0 aliphatic heterocycles. The fourth-order valence-corrected chi connectivity index (χ4v) is 3.85. The highest BCUT2D eigenvalue weighted by Crippen LogP contribution is 2.24. The third-order valence-corrected chi connectivity index (χ3v) is 6.90. The van der Waals surface area contributed by atoms with E-state index in [4.69, 9.17) is 33.2 Å². The Balaban J connectivity index is 0.000000984. The first-order chi connectivity index (χ1) is 26.2. The van der Waals surface area contributed by atoms with E-state index < -0.39 is 11.9 Å². The molecule has 54 heavy (non-hydrogen) atoms. The van der Waals surface area contributed by atoms with Crippen molar-refractivity contribution in [1.82, 2.24) is 0 Å². The number of benzene rings is 3. The molecule has 294 valence electrons. The summed E-state index contributed by atoms with van der Waals surface area (Å²) in [6, 6.07) is 19.7. The Labute approximate surface area is 319 Å². The van der Waals surface area contributed by atoms with Crippen molar-refractivity contribution >= 4 is 30.8 Å². The largest absolute Gasteiger partial charge is 0.497 e. The fourth-order valence-electron chi connectivity index (χ4n) is 3.85. The number of hydrogen-bond acceptors (Lipinski definition) is 12. The van der Waals surface area contributed by atoms with Crippen molar-refractivity contribution < 1.29 is 57.1 Å². The van der Waals surface area contributed by atoms with E-state index in [2.05, 4.69) is 24.8 Å². The first kappa shape index (κ1) is 48.6. The minimum absolute atomic E-state index is 0.147. The summed E-state index contributed by atoms with van der Waals surface area (Å²) < 4.78 is 36.9. The molecule has 1 atom stereocenters. The molecule has 0 saturated carbocycles. The lowest BCUT2D eigenvalue weighted by atomic mass is 10.1. The number of ether oxygens (including phenoxy) is 7. The molecule has 3 aromatic carbocycles. The van der Waals surface area contributed by atoms with Gasteiger partial charge in [0.05, 0.1) is 25.9 Å². The molecule has 3 rings (SSSR count). The van der Waals surface area contributed by atoms with Crippen LogP contribution in [0.25, 0.3) is 0 Å². The average Bonchev–Trinajstić information content (AvgIpc) is 3.21. The minimum atomic E-state index is -0.489. The monoisotopic (exact) mass is 750 g/mol. The van der Waals surface area contributed by atoms with Gasteiger partial charge in [-0.2, -0.15) is 0 Å². The zero-order valence-corrected chi connectivity index (χ0v) is 32.0. The number of unbranched alkanes of at least 4 members (excludes halogenated alkanes) is 1. The number of esters is 2. The minimum Gasteiger partial charge on any atom is -0.497 e. The van der Waals surface area contributed by atoms with Gasteiger partial charge in [-0.3, -0.25) is 9.59 Å². The van der Waals surface area contributed by atoms with Crippen molar-refractivity contribution in [2.45, 2.75) is 45.6 Å². The average molecular weight is 751 g/mol. The summed E-state index contributed by atoms with van der Waals surface area (Å²) >= 11 is 0. The number of carbonyl (C=O) groups is 5. The lowest BCUT2D eigenvalue weighted by Gasteiger charge is -2.16. The van der Waals surface area contributed by atoms with Crippen molar-refractivity contribution in [2.24, 2.45) is 0 Å². The Kier molecular flexibility index (Phi) is 29.0. The van der Waals surface area contributed by atoms with E-state index in [0.717, 1.165) is 49.4 Å². The van der Waals surface area contributed by atoms with Crippen molar-refractivity contribution in [3.63, 3.8) is 0 Å². The standard InChI is InChI=1S/C24H32O7.C9H10O.C6H8O3.C3H4O/c1-18-15-21(27-3)11-12-23(18)31-24(25)19-7-9-20(10-8-19)30-17-22(28-4)16-29-14-6-5-13-26-2;1-2-8-3-5-9(7-10)6-4-8;1-2-6(8)9-5-3-4-7;1-2-3-4/h7-12,15,22H,5-6,13-14,16-17H2,1-4H3;3-7H,2H2,1H3;2,4H,1,3,5H2;2-3H,1H2. The van der Waals surface area contributed by atoms with Crippen molar-refractivity contribution in [1.29, 1.82) is 0 Å². The van der Waals surface area contributed by atoms with Gasteiger partial charge in [0.1, 0.15) is 48.8 Å². The van der Waals surface area contributed by atoms with Crippen molar-refractivity contribution in [3.05, 3.63) is 114 Å². The maximum atomic E-state index is 12.4. The molecule has 12 heteroatoms. The molecule has 0 spiro atoms. The van der Waals surface area contributed by atoms with Crippen LogP contribution in [0, 0.1) is 6.92 Å². The molecule has 0 saturated heterocycles. The van der Waals surface area contributed by atoms with Gasteiger partial charge in [-0.05, 0) is 85.9 Å².